The highest BCUT2D eigenvalue weighted by molar-refractivity contribution is 6.22. The smallest absolute Gasteiger partial charge is 0.330 e. The molecule has 1 aliphatic heterocycles. The van der Waals surface area contributed by atoms with Crippen LogP contribution in [0.3, 0.4) is 0 Å². The van der Waals surface area contributed by atoms with Crippen molar-refractivity contribution in [1.29, 1.82) is 0 Å². The molecule has 20 heavy (non-hydrogen) atoms. The highest BCUT2D eigenvalue weighted by atomic mass is 35.5. The highest BCUT2D eigenvalue weighted by Crippen LogP contribution is 2.33. The first-order valence-electron chi connectivity index (χ1n) is 7.29. The van der Waals surface area contributed by atoms with E-state index in [1.165, 1.54) is 6.21 Å². The van der Waals surface area contributed by atoms with Gasteiger partial charge in [0.25, 0.3) is 0 Å². The van der Waals surface area contributed by atoms with E-state index in [0.717, 1.165) is 25.7 Å². The van der Waals surface area contributed by atoms with E-state index in [-0.39, 0.29) is 17.8 Å². The molecule has 1 aromatic heterocycles. The number of hydrogen-bond acceptors (Lipinski definition) is 4. The minimum absolute atomic E-state index is 0.102. The van der Waals surface area contributed by atoms with Gasteiger partial charge in [-0.25, -0.2) is 4.79 Å². The number of halogens is 1. The molecule has 1 atom stereocenters. The number of fused-ring (bicyclic) bond motifs is 1. The van der Waals surface area contributed by atoms with E-state index in [9.17, 15) is 4.79 Å². The molecule has 1 aromatic rings. The predicted octanol–water partition coefficient (Wildman–Crippen LogP) is 1.68. The summed E-state index contributed by atoms with van der Waals surface area (Å²) < 4.78 is 16.5. The molecule has 1 unspecified atom stereocenters. The first kappa shape index (κ1) is 12.5. The number of anilines is 1. The summed E-state index contributed by atoms with van der Waals surface area (Å²) in [6.07, 6.45) is 5.37. The molecular formula is C13H19ClN4O2. The summed E-state index contributed by atoms with van der Waals surface area (Å²) in [6.45, 7) is 0. The second-order valence-corrected chi connectivity index (χ2v) is 5.64. The van der Waals surface area contributed by atoms with Gasteiger partial charge in [0, 0.05) is 20.2 Å². The van der Waals surface area contributed by atoms with E-state index in [1.807, 2.05) is 0 Å². The number of nitrogens with one attached hydrogen (secondary N) is 1. The van der Waals surface area contributed by atoms with Gasteiger partial charge >= 0.3 is 5.69 Å². The number of alkyl halides is 1. The zero-order valence-electron chi connectivity index (χ0n) is 12.6. The van der Waals surface area contributed by atoms with Gasteiger partial charge in [-0.3, -0.25) is 14.1 Å². The van der Waals surface area contributed by atoms with E-state index in [4.69, 9.17) is 17.7 Å². The van der Waals surface area contributed by atoms with E-state index in [0.29, 0.717) is 11.5 Å². The van der Waals surface area contributed by atoms with Crippen molar-refractivity contribution in [2.75, 3.05) is 12.4 Å². The molecule has 7 heteroatoms. The fraction of sp³-hybridized carbons (Fsp3) is 0.692. The minimum Gasteiger partial charge on any atom is -0.381 e. The largest absolute Gasteiger partial charge is 0.381 e. The van der Waals surface area contributed by atoms with Crippen LogP contribution in [0.5, 0.6) is 0 Å². The number of aliphatic imine (C=N–C) groups is 1. The van der Waals surface area contributed by atoms with Crippen molar-refractivity contribution in [3.05, 3.63) is 16.2 Å². The van der Waals surface area contributed by atoms with Crippen molar-refractivity contribution in [3.63, 3.8) is 0 Å². The number of imidazole rings is 1. The standard InChI is InChI=1S/C13H19ClN4O2/c1-17-10-7-15-12(14)16-11(10)18(13(17)19)8-3-5-9(20-2)6-4-8/h7-9,12,16H,3-6H2,1-2H3/i12D. The van der Waals surface area contributed by atoms with Crippen LogP contribution in [0, 0.1) is 0 Å². The maximum atomic E-state index is 12.5. The van der Waals surface area contributed by atoms with Gasteiger partial charge in [-0.2, -0.15) is 0 Å². The fourth-order valence-corrected chi connectivity index (χ4v) is 3.18. The third-order valence-corrected chi connectivity index (χ3v) is 4.39. The molecule has 0 aromatic carbocycles. The summed E-state index contributed by atoms with van der Waals surface area (Å²) in [4.78, 5) is 16.4. The summed E-state index contributed by atoms with van der Waals surface area (Å²) in [7, 11) is 3.43. The Balaban J connectivity index is 1.97. The van der Waals surface area contributed by atoms with E-state index < -0.39 is 5.60 Å². The van der Waals surface area contributed by atoms with Gasteiger partial charge in [0.2, 0.25) is 0 Å². The number of ether oxygens (including phenoxy) is 1. The Bertz CT molecular complexity index is 629. The maximum Gasteiger partial charge on any atom is 0.330 e. The van der Waals surface area contributed by atoms with Gasteiger partial charge in [-0.15, -0.1) is 0 Å². The average molecular weight is 300 g/mol. The third-order valence-electron chi connectivity index (χ3n) is 4.20. The van der Waals surface area contributed by atoms with Crippen molar-refractivity contribution >= 4 is 23.6 Å². The SMILES string of the molecule is [2H]C1(Cl)N=Cc2c(n(C3CCC(OC)CC3)c(=O)n2C)N1. The molecule has 2 aliphatic rings. The van der Waals surface area contributed by atoms with E-state index in [2.05, 4.69) is 10.3 Å². The molecule has 0 saturated heterocycles. The van der Waals surface area contributed by atoms with Crippen molar-refractivity contribution in [2.24, 2.45) is 12.0 Å². The second kappa shape index (κ2) is 5.26. The van der Waals surface area contributed by atoms with Gasteiger partial charge in [0.15, 0.2) is 5.60 Å². The molecule has 6 nitrogen and oxygen atoms in total. The zero-order valence-corrected chi connectivity index (χ0v) is 12.4. The summed E-state index contributed by atoms with van der Waals surface area (Å²) in [5.74, 6) is 0.586. The molecule has 0 bridgehead atoms. The Labute approximate surface area is 123 Å². The molecule has 0 amide bonds. The molecule has 110 valence electrons. The third kappa shape index (κ3) is 2.16. The van der Waals surface area contributed by atoms with Gasteiger partial charge in [-0.05, 0) is 25.7 Å². The van der Waals surface area contributed by atoms with Crippen LogP contribution in [0.25, 0.3) is 0 Å². The molecular weight excluding hydrogens is 280 g/mol. The van der Waals surface area contributed by atoms with Crippen molar-refractivity contribution in [2.45, 2.75) is 43.4 Å². The maximum absolute atomic E-state index is 12.5. The van der Waals surface area contributed by atoms with Gasteiger partial charge in [-0.1, -0.05) is 11.6 Å². The highest BCUT2D eigenvalue weighted by Gasteiger charge is 2.29. The first-order valence-corrected chi connectivity index (χ1v) is 7.17. The Morgan fingerprint density at radius 2 is 2.20 bits per heavy atom. The molecule has 2 heterocycles. The summed E-state index contributed by atoms with van der Waals surface area (Å²) >= 11 is 5.93. The molecule has 3 rings (SSSR count). The van der Waals surface area contributed by atoms with Crippen molar-refractivity contribution < 1.29 is 6.11 Å². The minimum atomic E-state index is -1.65. The molecule has 1 fully saturated rings. The van der Waals surface area contributed by atoms with E-state index in [1.54, 1.807) is 23.3 Å². The summed E-state index contributed by atoms with van der Waals surface area (Å²) in [5, 5.41) is 2.83. The summed E-state index contributed by atoms with van der Waals surface area (Å²) in [5.41, 5.74) is -1.08. The Hall–Kier alpha value is -1.27. The number of methoxy groups -OCH3 is 1. The van der Waals surface area contributed by atoms with Crippen LogP contribution < -0.4 is 11.0 Å². The lowest BCUT2D eigenvalue weighted by Gasteiger charge is -2.29. The topological polar surface area (TPSA) is 60.6 Å². The number of aromatic nitrogens is 2. The van der Waals surface area contributed by atoms with Crippen LogP contribution in [-0.2, 0) is 11.8 Å². The fourth-order valence-electron chi connectivity index (χ4n) is 3.04. The second-order valence-electron chi connectivity index (χ2n) is 5.29. The van der Waals surface area contributed by atoms with Crippen LogP contribution in [0.2, 0.25) is 0 Å². The van der Waals surface area contributed by atoms with Crippen LogP contribution in [-0.4, -0.2) is 34.2 Å². The van der Waals surface area contributed by atoms with E-state index >= 15 is 0 Å². The lowest BCUT2D eigenvalue weighted by molar-refractivity contribution is 0.0582. The molecule has 1 saturated carbocycles. The molecule has 0 radical (unpaired) electrons. The van der Waals surface area contributed by atoms with Gasteiger partial charge in [0.05, 0.1) is 13.7 Å². The number of hydrogen-bond donors (Lipinski definition) is 1. The lowest BCUT2D eigenvalue weighted by Crippen LogP contribution is -2.31. The zero-order chi connectivity index (χ0) is 15.2. The number of rotatable bonds is 2. The van der Waals surface area contributed by atoms with Gasteiger partial charge < -0.3 is 10.1 Å². The molecule has 0 spiro atoms. The Kier molecular flexibility index (Phi) is 3.28. The quantitative estimate of drug-likeness (QED) is 0.668. The molecule has 1 aliphatic carbocycles. The monoisotopic (exact) mass is 299 g/mol. The van der Waals surface area contributed by atoms with Crippen LogP contribution in [0.1, 0.15) is 38.8 Å². The van der Waals surface area contributed by atoms with Crippen LogP contribution >= 0.6 is 11.6 Å². The predicted molar refractivity (Wildman–Crippen MR) is 78.8 cm³/mol. The average Bonchev–Trinajstić information content (AvgIpc) is 2.69. The van der Waals surface area contributed by atoms with Gasteiger partial charge in [0.1, 0.15) is 11.5 Å². The first-order chi connectivity index (χ1) is 9.93. The Morgan fingerprint density at radius 3 is 2.85 bits per heavy atom. The van der Waals surface area contributed by atoms with Crippen molar-refractivity contribution in [1.82, 2.24) is 9.13 Å². The lowest BCUT2D eigenvalue weighted by atomic mass is 9.93. The van der Waals surface area contributed by atoms with Crippen LogP contribution in [0.4, 0.5) is 5.82 Å². The Morgan fingerprint density at radius 1 is 1.50 bits per heavy atom. The number of nitrogens with zero attached hydrogens (tertiary/aromatic N) is 3. The van der Waals surface area contributed by atoms with Crippen molar-refractivity contribution in [3.8, 4) is 0 Å². The molecule has 1 N–H and O–H groups in total. The normalized spacial score (nSPS) is 33.5. The summed E-state index contributed by atoms with van der Waals surface area (Å²) in [6, 6.07) is 0.102. The van der Waals surface area contributed by atoms with Crippen LogP contribution in [0.15, 0.2) is 9.79 Å².